The van der Waals surface area contributed by atoms with Crippen molar-refractivity contribution in [2.24, 2.45) is 0 Å². The summed E-state index contributed by atoms with van der Waals surface area (Å²) >= 11 is 0.994. The molecule has 0 aromatic heterocycles. The van der Waals surface area contributed by atoms with E-state index in [4.69, 9.17) is 10.2 Å². The number of aliphatic carboxylic acids is 2. The molecule has 0 rings (SSSR count). The van der Waals surface area contributed by atoms with Gasteiger partial charge in [-0.05, 0) is 11.8 Å². The summed E-state index contributed by atoms with van der Waals surface area (Å²) in [5.41, 5.74) is 0. The minimum Gasteiger partial charge on any atom is -0.481 e. The highest BCUT2D eigenvalue weighted by atomic mass is 32.2. The summed E-state index contributed by atoms with van der Waals surface area (Å²) in [6.07, 6.45) is 0.980. The zero-order valence-corrected chi connectivity index (χ0v) is 6.72. The average Bonchev–Trinajstić information content (AvgIpc) is 1.82. The van der Waals surface area contributed by atoms with Crippen LogP contribution in [-0.4, -0.2) is 27.9 Å². The molecule has 11 heavy (non-hydrogen) atoms. The average molecular weight is 176 g/mol. The molecule has 0 aliphatic carbocycles. The third-order valence-electron chi connectivity index (χ3n) is 0.750. The number of rotatable bonds is 4. The van der Waals surface area contributed by atoms with Crippen LogP contribution < -0.4 is 0 Å². The predicted molar refractivity (Wildman–Crippen MR) is 41.5 cm³/mol. The van der Waals surface area contributed by atoms with Crippen LogP contribution in [0.15, 0.2) is 11.0 Å². The van der Waals surface area contributed by atoms with Crippen LogP contribution in [0.25, 0.3) is 0 Å². The highest BCUT2D eigenvalue weighted by Gasteiger charge is 1.99. The molecule has 4 nitrogen and oxygen atoms in total. The third-order valence-corrected chi connectivity index (χ3v) is 1.71. The molecule has 0 saturated heterocycles. The Labute approximate surface area is 67.9 Å². The van der Waals surface area contributed by atoms with E-state index in [-0.39, 0.29) is 5.75 Å². The largest absolute Gasteiger partial charge is 0.481 e. The molecule has 0 fully saturated rings. The maximum atomic E-state index is 10.0. The van der Waals surface area contributed by atoms with E-state index in [2.05, 4.69) is 0 Å². The first-order valence-electron chi connectivity index (χ1n) is 2.78. The fourth-order valence-electron chi connectivity index (χ4n) is 0.391. The minimum atomic E-state index is -1.06. The van der Waals surface area contributed by atoms with Gasteiger partial charge in [0, 0.05) is 6.08 Å². The van der Waals surface area contributed by atoms with Crippen molar-refractivity contribution in [3.05, 3.63) is 11.0 Å². The van der Waals surface area contributed by atoms with Gasteiger partial charge in [0.2, 0.25) is 0 Å². The standard InChI is InChI=1S/C6H8O4S/c1-4(2-5(7)8)11-3-6(9)10/h2H,3H2,1H3,(H,7,8)(H,9,10)/b4-2-. The summed E-state index contributed by atoms with van der Waals surface area (Å²) in [7, 11) is 0. The third kappa shape index (κ3) is 6.92. The number of hydrogen-bond donors (Lipinski definition) is 2. The predicted octanol–water partition coefficient (Wildman–Crippen LogP) is 0.793. The van der Waals surface area contributed by atoms with E-state index in [1.807, 2.05) is 0 Å². The summed E-state index contributed by atoms with van der Waals surface area (Å²) < 4.78 is 0. The van der Waals surface area contributed by atoms with Gasteiger partial charge in [0.25, 0.3) is 0 Å². The van der Waals surface area contributed by atoms with Crippen LogP contribution in [0.3, 0.4) is 0 Å². The molecule has 0 amide bonds. The molecule has 0 aromatic carbocycles. The second kappa shape index (κ2) is 4.79. The topological polar surface area (TPSA) is 74.6 Å². The van der Waals surface area contributed by atoms with Gasteiger partial charge >= 0.3 is 11.9 Å². The molecule has 0 aliphatic rings. The fourth-order valence-corrected chi connectivity index (χ4v) is 0.926. The highest BCUT2D eigenvalue weighted by Crippen LogP contribution is 2.13. The summed E-state index contributed by atoms with van der Waals surface area (Å²) in [6.45, 7) is 1.56. The molecule has 5 heteroatoms. The van der Waals surface area contributed by atoms with Crippen molar-refractivity contribution >= 4 is 23.7 Å². The second-order valence-electron chi connectivity index (χ2n) is 1.78. The van der Waals surface area contributed by atoms with E-state index >= 15 is 0 Å². The zero-order chi connectivity index (χ0) is 8.85. The Bertz CT molecular complexity index is 197. The van der Waals surface area contributed by atoms with Crippen LogP contribution in [0.2, 0.25) is 0 Å². The maximum Gasteiger partial charge on any atom is 0.329 e. The van der Waals surface area contributed by atoms with E-state index in [1.54, 1.807) is 6.92 Å². The van der Waals surface area contributed by atoms with Gasteiger partial charge in [0.15, 0.2) is 0 Å². The van der Waals surface area contributed by atoms with Gasteiger partial charge in [-0.15, -0.1) is 11.8 Å². The van der Waals surface area contributed by atoms with Crippen LogP contribution in [-0.2, 0) is 9.59 Å². The lowest BCUT2D eigenvalue weighted by atomic mass is 10.5. The molecule has 0 unspecified atom stereocenters. The maximum absolute atomic E-state index is 10.0. The molecule has 2 N–H and O–H groups in total. The van der Waals surface area contributed by atoms with Gasteiger partial charge in [-0.1, -0.05) is 0 Å². The second-order valence-corrected chi connectivity index (χ2v) is 3.00. The lowest BCUT2D eigenvalue weighted by Crippen LogP contribution is -1.98. The fraction of sp³-hybridized carbons (Fsp3) is 0.333. The number of allylic oxidation sites excluding steroid dienone is 1. The normalized spacial score (nSPS) is 11.2. The summed E-state index contributed by atoms with van der Waals surface area (Å²) in [6, 6.07) is 0. The Hall–Kier alpha value is -0.970. The van der Waals surface area contributed by atoms with Crippen molar-refractivity contribution in [2.75, 3.05) is 5.75 Å². The van der Waals surface area contributed by atoms with Crippen molar-refractivity contribution < 1.29 is 19.8 Å². The van der Waals surface area contributed by atoms with E-state index in [0.717, 1.165) is 17.8 Å². The monoisotopic (exact) mass is 176 g/mol. The molecule has 0 heterocycles. The van der Waals surface area contributed by atoms with Crippen molar-refractivity contribution in [1.82, 2.24) is 0 Å². The molecular weight excluding hydrogens is 168 g/mol. The molecule has 0 spiro atoms. The van der Waals surface area contributed by atoms with E-state index < -0.39 is 11.9 Å². The molecule has 0 bridgehead atoms. The minimum absolute atomic E-state index is 0.102. The lowest BCUT2D eigenvalue weighted by molar-refractivity contribution is -0.134. The van der Waals surface area contributed by atoms with Crippen molar-refractivity contribution in [2.45, 2.75) is 6.92 Å². The quantitative estimate of drug-likeness (QED) is 0.619. The van der Waals surface area contributed by atoms with E-state index in [1.165, 1.54) is 0 Å². The first-order valence-corrected chi connectivity index (χ1v) is 3.76. The Kier molecular flexibility index (Phi) is 4.36. The Morgan fingerprint density at radius 1 is 1.45 bits per heavy atom. The molecule has 0 radical (unpaired) electrons. The summed E-state index contributed by atoms with van der Waals surface area (Å²) in [5.74, 6) is -2.11. The Morgan fingerprint density at radius 3 is 2.36 bits per heavy atom. The number of carbonyl (C=O) groups is 2. The molecule has 62 valence electrons. The lowest BCUT2D eigenvalue weighted by Gasteiger charge is -1.94. The molecule has 0 aromatic rings. The first-order chi connectivity index (χ1) is 5.02. The van der Waals surface area contributed by atoms with Crippen LogP contribution in [0.5, 0.6) is 0 Å². The number of thioether (sulfide) groups is 1. The summed E-state index contributed by atoms with van der Waals surface area (Å²) in [5, 5.41) is 16.4. The van der Waals surface area contributed by atoms with E-state index in [0.29, 0.717) is 4.91 Å². The van der Waals surface area contributed by atoms with Gasteiger partial charge in [-0.25, -0.2) is 4.79 Å². The van der Waals surface area contributed by atoms with E-state index in [9.17, 15) is 9.59 Å². The van der Waals surface area contributed by atoms with Gasteiger partial charge in [-0.3, -0.25) is 4.79 Å². The van der Waals surface area contributed by atoms with Gasteiger partial charge in [-0.2, -0.15) is 0 Å². The van der Waals surface area contributed by atoms with Crippen molar-refractivity contribution in [1.29, 1.82) is 0 Å². The first kappa shape index (κ1) is 10.0. The highest BCUT2D eigenvalue weighted by molar-refractivity contribution is 8.03. The summed E-state index contributed by atoms with van der Waals surface area (Å²) in [4.78, 5) is 20.5. The van der Waals surface area contributed by atoms with Crippen LogP contribution in [0.1, 0.15) is 6.92 Å². The van der Waals surface area contributed by atoms with Crippen molar-refractivity contribution in [3.63, 3.8) is 0 Å². The molecular formula is C6H8O4S. The number of carboxylic acids is 2. The van der Waals surface area contributed by atoms with Gasteiger partial charge in [0.05, 0.1) is 5.75 Å². The number of hydrogen-bond acceptors (Lipinski definition) is 3. The SMILES string of the molecule is C/C(=C/C(=O)O)SCC(=O)O. The van der Waals surface area contributed by atoms with Crippen LogP contribution in [0, 0.1) is 0 Å². The molecule has 0 saturated carbocycles. The smallest absolute Gasteiger partial charge is 0.329 e. The number of carboxylic acid groups (broad SMARTS) is 2. The van der Waals surface area contributed by atoms with Gasteiger partial charge < -0.3 is 10.2 Å². The van der Waals surface area contributed by atoms with Crippen LogP contribution in [0.4, 0.5) is 0 Å². The zero-order valence-electron chi connectivity index (χ0n) is 5.90. The van der Waals surface area contributed by atoms with Gasteiger partial charge in [0.1, 0.15) is 0 Å². The molecule has 0 aliphatic heterocycles. The molecule has 0 atom stereocenters. The Balaban J connectivity index is 3.77. The van der Waals surface area contributed by atoms with Crippen LogP contribution >= 0.6 is 11.8 Å². The van der Waals surface area contributed by atoms with Crippen molar-refractivity contribution in [3.8, 4) is 0 Å². The Morgan fingerprint density at radius 2 is 2.00 bits per heavy atom.